The van der Waals surface area contributed by atoms with Crippen LogP contribution in [0.15, 0.2) is 47.4 Å². The van der Waals surface area contributed by atoms with E-state index >= 15 is 0 Å². The number of fused-ring (bicyclic) bond motifs is 1. The molecule has 0 spiro atoms. The summed E-state index contributed by atoms with van der Waals surface area (Å²) in [5.41, 5.74) is 1.21. The highest BCUT2D eigenvalue weighted by atomic mass is 32.2. The van der Waals surface area contributed by atoms with E-state index in [0.29, 0.717) is 42.6 Å². The molecule has 1 aliphatic heterocycles. The number of nitrogens with zero attached hydrogens (tertiary/aromatic N) is 4. The first-order chi connectivity index (χ1) is 17.9. The molecule has 0 saturated carbocycles. The largest absolute Gasteiger partial charge is 0.497 e. The quantitative estimate of drug-likeness (QED) is 0.363. The van der Waals surface area contributed by atoms with Gasteiger partial charge in [0.15, 0.2) is 5.13 Å². The number of carbonyl (C=O) groups excluding carboxylic acids is 1. The molecule has 4 rings (SSSR count). The molecule has 2 heterocycles. The van der Waals surface area contributed by atoms with Gasteiger partial charge in [0.05, 0.1) is 22.2 Å². The summed E-state index contributed by atoms with van der Waals surface area (Å²) < 4.78 is 34.2. The van der Waals surface area contributed by atoms with Crippen LogP contribution in [0, 0.1) is 0 Å². The summed E-state index contributed by atoms with van der Waals surface area (Å²) in [4.78, 5) is 22.7. The number of methoxy groups -OCH3 is 1. The molecule has 0 radical (unpaired) electrons. The summed E-state index contributed by atoms with van der Waals surface area (Å²) in [7, 11) is -1.96. The van der Waals surface area contributed by atoms with E-state index in [4.69, 9.17) is 9.72 Å². The predicted octanol–water partition coefficient (Wildman–Crippen LogP) is 4.86. The van der Waals surface area contributed by atoms with E-state index in [0.717, 1.165) is 49.0 Å². The van der Waals surface area contributed by atoms with Crippen molar-refractivity contribution in [2.24, 2.45) is 0 Å². The van der Waals surface area contributed by atoms with Gasteiger partial charge in [-0.05, 0) is 62.3 Å². The summed E-state index contributed by atoms with van der Waals surface area (Å²) in [6.45, 7) is 8.25. The maximum atomic E-state index is 13.7. The fraction of sp³-hybridized carbons (Fsp3) is 0.481. The van der Waals surface area contributed by atoms with Gasteiger partial charge in [0.1, 0.15) is 5.75 Å². The predicted molar refractivity (Wildman–Crippen MR) is 149 cm³/mol. The first kappa shape index (κ1) is 27.5. The van der Waals surface area contributed by atoms with Crippen molar-refractivity contribution in [3.63, 3.8) is 0 Å². The Morgan fingerprint density at radius 3 is 2.30 bits per heavy atom. The number of likely N-dealkylation sites (N-methyl/N-ethyl adjacent to an activating group) is 1. The monoisotopic (exact) mass is 544 g/mol. The van der Waals surface area contributed by atoms with Crippen LogP contribution in [0.5, 0.6) is 5.75 Å². The lowest BCUT2D eigenvalue weighted by Crippen LogP contribution is -2.39. The van der Waals surface area contributed by atoms with E-state index in [9.17, 15) is 13.2 Å². The van der Waals surface area contributed by atoms with E-state index in [-0.39, 0.29) is 10.8 Å². The van der Waals surface area contributed by atoms with Crippen molar-refractivity contribution in [2.45, 2.75) is 44.4 Å². The Balaban J connectivity index is 1.61. The second-order valence-corrected chi connectivity index (χ2v) is 12.1. The normalized spacial score (nSPS) is 15.1. The lowest BCUT2D eigenvalue weighted by atomic mass is 10.2. The van der Waals surface area contributed by atoms with Crippen LogP contribution in [0.1, 0.15) is 49.9 Å². The van der Waals surface area contributed by atoms with Gasteiger partial charge in [-0.15, -0.1) is 0 Å². The van der Waals surface area contributed by atoms with Gasteiger partial charge in [0, 0.05) is 37.8 Å². The van der Waals surface area contributed by atoms with E-state index in [1.54, 1.807) is 40.6 Å². The number of hydrogen-bond acceptors (Lipinski definition) is 7. The average molecular weight is 545 g/mol. The van der Waals surface area contributed by atoms with E-state index in [2.05, 4.69) is 18.7 Å². The Hall–Kier alpha value is -2.53. The maximum Gasteiger partial charge on any atom is 0.260 e. The number of rotatable bonds is 10. The zero-order valence-electron chi connectivity index (χ0n) is 21.9. The Morgan fingerprint density at radius 1 is 1.00 bits per heavy atom. The number of thiazole rings is 1. The molecule has 0 bridgehead atoms. The second-order valence-electron chi connectivity index (χ2n) is 9.16. The molecular formula is C27H36N4O4S2. The number of aromatic nitrogens is 1. The van der Waals surface area contributed by atoms with Gasteiger partial charge in [-0.2, -0.15) is 4.31 Å². The van der Waals surface area contributed by atoms with Crippen LogP contribution in [-0.4, -0.2) is 74.9 Å². The highest BCUT2D eigenvalue weighted by molar-refractivity contribution is 7.89. The third kappa shape index (κ3) is 6.31. The van der Waals surface area contributed by atoms with Crippen LogP contribution in [-0.2, 0) is 10.0 Å². The van der Waals surface area contributed by atoms with Crippen molar-refractivity contribution in [3.05, 3.63) is 48.0 Å². The number of hydrogen-bond donors (Lipinski definition) is 0. The van der Waals surface area contributed by atoms with Crippen LogP contribution < -0.4 is 9.64 Å². The molecule has 0 N–H and O–H groups in total. The van der Waals surface area contributed by atoms with Crippen LogP contribution >= 0.6 is 11.3 Å². The molecule has 0 aliphatic carbocycles. The van der Waals surface area contributed by atoms with Gasteiger partial charge in [-0.3, -0.25) is 9.69 Å². The minimum Gasteiger partial charge on any atom is -0.497 e. The molecule has 1 fully saturated rings. The van der Waals surface area contributed by atoms with Crippen molar-refractivity contribution in [3.8, 4) is 5.75 Å². The molecule has 1 saturated heterocycles. The molecule has 3 aromatic rings. The Kier molecular flexibility index (Phi) is 9.17. The van der Waals surface area contributed by atoms with Crippen LogP contribution in [0.25, 0.3) is 10.2 Å². The minimum atomic E-state index is -3.57. The number of amides is 1. The van der Waals surface area contributed by atoms with Crippen molar-refractivity contribution < 1.29 is 17.9 Å². The Morgan fingerprint density at radius 2 is 1.68 bits per heavy atom. The number of carbonyl (C=O) groups is 1. The molecule has 2 aromatic carbocycles. The van der Waals surface area contributed by atoms with Gasteiger partial charge in [-0.1, -0.05) is 38.0 Å². The van der Waals surface area contributed by atoms with Gasteiger partial charge < -0.3 is 9.64 Å². The number of sulfonamides is 1. The molecule has 1 aliphatic rings. The van der Waals surface area contributed by atoms with Crippen molar-refractivity contribution in [1.82, 2.24) is 14.2 Å². The molecule has 37 heavy (non-hydrogen) atoms. The van der Waals surface area contributed by atoms with E-state index in [1.807, 2.05) is 18.2 Å². The highest BCUT2D eigenvalue weighted by Gasteiger charge is 2.27. The fourth-order valence-corrected chi connectivity index (χ4v) is 7.05. The van der Waals surface area contributed by atoms with E-state index in [1.165, 1.54) is 11.3 Å². The number of ether oxygens (including phenoxy) is 1. The molecule has 1 aromatic heterocycles. The third-order valence-electron chi connectivity index (χ3n) is 6.90. The zero-order chi connectivity index (χ0) is 26.4. The number of anilines is 1. The van der Waals surface area contributed by atoms with Gasteiger partial charge in [0.25, 0.3) is 5.91 Å². The average Bonchev–Trinajstić information content (AvgIpc) is 3.13. The summed E-state index contributed by atoms with van der Waals surface area (Å²) in [5, 5.41) is 0.613. The molecule has 0 atom stereocenters. The van der Waals surface area contributed by atoms with Gasteiger partial charge >= 0.3 is 0 Å². The van der Waals surface area contributed by atoms with Gasteiger partial charge in [0.2, 0.25) is 10.0 Å². The molecule has 200 valence electrons. The van der Waals surface area contributed by atoms with E-state index < -0.39 is 10.0 Å². The topological polar surface area (TPSA) is 83.1 Å². The van der Waals surface area contributed by atoms with Crippen LogP contribution in [0.2, 0.25) is 0 Å². The first-order valence-corrected chi connectivity index (χ1v) is 15.2. The number of benzene rings is 2. The molecule has 0 unspecified atom stereocenters. The molecule has 1 amide bonds. The molecule has 10 heteroatoms. The zero-order valence-corrected chi connectivity index (χ0v) is 23.5. The van der Waals surface area contributed by atoms with Gasteiger partial charge in [-0.25, -0.2) is 13.4 Å². The van der Waals surface area contributed by atoms with Crippen molar-refractivity contribution >= 4 is 42.6 Å². The third-order valence-corrected chi connectivity index (χ3v) is 9.87. The summed E-state index contributed by atoms with van der Waals surface area (Å²) >= 11 is 1.46. The first-order valence-electron chi connectivity index (χ1n) is 13.0. The maximum absolute atomic E-state index is 13.7. The SMILES string of the molecule is CCN(CC)CCN(C(=O)c1ccc(S(=O)(=O)N2CCCCCC2)cc1)c1nc2cc(OC)ccc2s1. The van der Waals surface area contributed by atoms with Crippen molar-refractivity contribution in [1.29, 1.82) is 0 Å². The Labute approximate surface area is 223 Å². The molecule has 8 nitrogen and oxygen atoms in total. The van der Waals surface area contributed by atoms with Crippen LogP contribution in [0.3, 0.4) is 0 Å². The smallest absolute Gasteiger partial charge is 0.260 e. The minimum absolute atomic E-state index is 0.197. The van der Waals surface area contributed by atoms with Crippen LogP contribution in [0.4, 0.5) is 5.13 Å². The van der Waals surface area contributed by atoms with Crippen molar-refractivity contribution in [2.75, 3.05) is 51.3 Å². The highest BCUT2D eigenvalue weighted by Crippen LogP contribution is 2.32. The summed E-state index contributed by atoms with van der Waals surface area (Å²) in [6.07, 6.45) is 3.87. The fourth-order valence-electron chi connectivity index (χ4n) is 4.56. The molecular weight excluding hydrogens is 508 g/mol. The lowest BCUT2D eigenvalue weighted by Gasteiger charge is -2.25. The standard InChI is InChI=1S/C27H36N4O4S2/c1-4-29(5-2)18-19-31(27-28-24-20-22(35-3)12-15-25(24)36-27)26(32)21-10-13-23(14-11-21)37(33,34)30-16-8-6-7-9-17-30/h10-15,20H,4-9,16-19H2,1-3H3. The second kappa shape index (κ2) is 12.3. The summed E-state index contributed by atoms with van der Waals surface area (Å²) in [5.74, 6) is 0.517. The lowest BCUT2D eigenvalue weighted by molar-refractivity contribution is 0.0983. The Bertz CT molecular complexity index is 1300. The summed E-state index contributed by atoms with van der Waals surface area (Å²) in [6, 6.07) is 12.0.